The van der Waals surface area contributed by atoms with E-state index in [1.54, 1.807) is 16.8 Å². The predicted octanol–water partition coefficient (Wildman–Crippen LogP) is 3.68. The molecule has 0 atom stereocenters. The van der Waals surface area contributed by atoms with Gasteiger partial charge in [-0.2, -0.15) is 0 Å². The van der Waals surface area contributed by atoms with Gasteiger partial charge in [-0.3, -0.25) is 0 Å². The van der Waals surface area contributed by atoms with Crippen molar-refractivity contribution in [2.45, 2.75) is 26.6 Å². The predicted molar refractivity (Wildman–Crippen MR) is 93.0 cm³/mol. The number of tetrazole rings is 1. The number of hydrogen-bond acceptors (Lipinski definition) is 5. The third-order valence-electron chi connectivity index (χ3n) is 3.65. The van der Waals surface area contributed by atoms with Gasteiger partial charge in [0.2, 0.25) is 5.95 Å². The van der Waals surface area contributed by atoms with Crippen LogP contribution in [0.3, 0.4) is 0 Å². The SMILES string of the molecule is CCn1nnnc1NCc1ccc(OCc2c(F)cccc2Cl)cc1. The minimum Gasteiger partial charge on any atom is -0.489 e. The van der Waals surface area contributed by atoms with Gasteiger partial charge in [0.05, 0.1) is 5.02 Å². The molecule has 0 spiro atoms. The zero-order valence-corrected chi connectivity index (χ0v) is 14.4. The first-order valence-corrected chi connectivity index (χ1v) is 8.20. The summed E-state index contributed by atoms with van der Waals surface area (Å²) in [5.41, 5.74) is 1.39. The lowest BCUT2D eigenvalue weighted by Gasteiger charge is -2.10. The molecule has 0 saturated heterocycles. The van der Waals surface area contributed by atoms with Crippen LogP contribution in [0.5, 0.6) is 5.75 Å². The molecular formula is C17H17ClFN5O. The van der Waals surface area contributed by atoms with Crippen LogP contribution in [-0.4, -0.2) is 20.2 Å². The first-order valence-electron chi connectivity index (χ1n) is 7.82. The molecule has 3 rings (SSSR count). The van der Waals surface area contributed by atoms with Crippen molar-refractivity contribution in [2.24, 2.45) is 0 Å². The standard InChI is InChI=1S/C17H17ClFN5O/c1-2-24-17(21-22-23-24)20-10-12-6-8-13(9-7-12)25-11-14-15(18)4-3-5-16(14)19/h3-9H,2,10-11H2,1H3,(H,20,21,23). The fraction of sp³-hybridized carbons (Fsp3) is 0.235. The molecule has 1 aromatic heterocycles. The van der Waals surface area contributed by atoms with E-state index in [2.05, 4.69) is 20.8 Å². The summed E-state index contributed by atoms with van der Waals surface area (Å²) in [5, 5.41) is 14.9. The minimum absolute atomic E-state index is 0.0778. The van der Waals surface area contributed by atoms with E-state index in [-0.39, 0.29) is 12.4 Å². The highest BCUT2D eigenvalue weighted by atomic mass is 35.5. The maximum atomic E-state index is 13.7. The Bertz CT molecular complexity index is 817. The summed E-state index contributed by atoms with van der Waals surface area (Å²) in [7, 11) is 0. The lowest BCUT2D eigenvalue weighted by atomic mass is 10.2. The second kappa shape index (κ2) is 7.94. The summed E-state index contributed by atoms with van der Waals surface area (Å²) in [6.45, 7) is 3.32. The summed E-state index contributed by atoms with van der Waals surface area (Å²) in [5.74, 6) is 0.889. The van der Waals surface area contributed by atoms with Gasteiger partial charge in [-0.05, 0) is 47.2 Å². The topological polar surface area (TPSA) is 64.9 Å². The van der Waals surface area contributed by atoms with E-state index < -0.39 is 0 Å². The molecule has 0 bridgehead atoms. The molecule has 0 fully saturated rings. The first-order chi connectivity index (χ1) is 12.2. The highest BCUT2D eigenvalue weighted by Crippen LogP contribution is 2.21. The lowest BCUT2D eigenvalue weighted by Crippen LogP contribution is -2.07. The number of halogens is 2. The fourth-order valence-corrected chi connectivity index (χ4v) is 2.47. The Morgan fingerprint density at radius 2 is 2.00 bits per heavy atom. The molecule has 0 aliphatic heterocycles. The Labute approximate surface area is 149 Å². The first kappa shape index (κ1) is 17.2. The summed E-state index contributed by atoms with van der Waals surface area (Å²) in [6.07, 6.45) is 0. The van der Waals surface area contributed by atoms with Crippen LogP contribution < -0.4 is 10.1 Å². The number of benzene rings is 2. The molecule has 130 valence electrons. The summed E-state index contributed by atoms with van der Waals surface area (Å²) in [4.78, 5) is 0. The van der Waals surface area contributed by atoms with Crippen molar-refractivity contribution in [1.82, 2.24) is 20.2 Å². The van der Waals surface area contributed by atoms with Crippen LogP contribution in [0.4, 0.5) is 10.3 Å². The lowest BCUT2D eigenvalue weighted by molar-refractivity contribution is 0.300. The fourth-order valence-electron chi connectivity index (χ4n) is 2.25. The van der Waals surface area contributed by atoms with E-state index >= 15 is 0 Å². The van der Waals surface area contributed by atoms with Crippen LogP contribution in [0, 0.1) is 5.82 Å². The molecule has 25 heavy (non-hydrogen) atoms. The van der Waals surface area contributed by atoms with Gasteiger partial charge in [0.1, 0.15) is 18.2 Å². The van der Waals surface area contributed by atoms with E-state index in [0.717, 1.165) is 5.56 Å². The third kappa shape index (κ3) is 4.24. The van der Waals surface area contributed by atoms with Gasteiger partial charge in [0, 0.05) is 18.7 Å². The molecule has 1 heterocycles. The van der Waals surface area contributed by atoms with Crippen LogP contribution in [-0.2, 0) is 19.7 Å². The van der Waals surface area contributed by atoms with Gasteiger partial charge >= 0.3 is 0 Å². The number of nitrogens with zero attached hydrogens (tertiary/aromatic N) is 4. The number of aromatic nitrogens is 4. The highest BCUT2D eigenvalue weighted by molar-refractivity contribution is 6.31. The van der Waals surface area contributed by atoms with Crippen LogP contribution in [0.25, 0.3) is 0 Å². The Hall–Kier alpha value is -2.67. The molecule has 3 aromatic rings. The van der Waals surface area contributed by atoms with E-state index in [1.807, 2.05) is 31.2 Å². The van der Waals surface area contributed by atoms with Gasteiger partial charge in [-0.15, -0.1) is 0 Å². The third-order valence-corrected chi connectivity index (χ3v) is 4.00. The molecule has 0 radical (unpaired) electrons. The van der Waals surface area contributed by atoms with E-state index in [0.29, 0.717) is 35.4 Å². The molecular weight excluding hydrogens is 345 g/mol. The molecule has 0 unspecified atom stereocenters. The van der Waals surface area contributed by atoms with Crippen molar-refractivity contribution in [3.05, 3.63) is 64.4 Å². The maximum Gasteiger partial charge on any atom is 0.243 e. The van der Waals surface area contributed by atoms with Gasteiger partial charge in [0.25, 0.3) is 0 Å². The molecule has 8 heteroatoms. The average molecular weight is 362 g/mol. The summed E-state index contributed by atoms with van der Waals surface area (Å²) >= 11 is 5.99. The van der Waals surface area contributed by atoms with E-state index in [4.69, 9.17) is 16.3 Å². The minimum atomic E-state index is -0.373. The van der Waals surface area contributed by atoms with Crippen LogP contribution in [0.1, 0.15) is 18.1 Å². The number of nitrogens with one attached hydrogen (secondary N) is 1. The van der Waals surface area contributed by atoms with Crippen molar-refractivity contribution in [3.8, 4) is 5.75 Å². The molecule has 2 aromatic carbocycles. The molecule has 0 saturated carbocycles. The number of ether oxygens (including phenoxy) is 1. The largest absolute Gasteiger partial charge is 0.489 e. The summed E-state index contributed by atoms with van der Waals surface area (Å²) in [6, 6.07) is 12.1. The zero-order chi connectivity index (χ0) is 17.6. The van der Waals surface area contributed by atoms with Crippen molar-refractivity contribution < 1.29 is 9.13 Å². The Balaban J connectivity index is 1.57. The molecule has 0 amide bonds. The van der Waals surface area contributed by atoms with Crippen molar-refractivity contribution in [1.29, 1.82) is 0 Å². The Morgan fingerprint density at radius 1 is 1.20 bits per heavy atom. The van der Waals surface area contributed by atoms with Crippen molar-refractivity contribution >= 4 is 17.5 Å². The van der Waals surface area contributed by atoms with Gasteiger partial charge in [-0.25, -0.2) is 9.07 Å². The molecule has 1 N–H and O–H groups in total. The molecule has 6 nitrogen and oxygen atoms in total. The average Bonchev–Trinajstić information content (AvgIpc) is 3.08. The van der Waals surface area contributed by atoms with Crippen molar-refractivity contribution in [2.75, 3.05) is 5.32 Å². The quantitative estimate of drug-likeness (QED) is 0.695. The van der Waals surface area contributed by atoms with Gasteiger partial charge in [-0.1, -0.05) is 34.9 Å². The highest BCUT2D eigenvalue weighted by Gasteiger charge is 2.08. The maximum absolute atomic E-state index is 13.7. The zero-order valence-electron chi connectivity index (χ0n) is 13.6. The Morgan fingerprint density at radius 3 is 2.72 bits per heavy atom. The normalized spacial score (nSPS) is 10.7. The number of aryl methyl sites for hydroxylation is 1. The van der Waals surface area contributed by atoms with E-state index in [9.17, 15) is 4.39 Å². The number of hydrogen-bond donors (Lipinski definition) is 1. The smallest absolute Gasteiger partial charge is 0.243 e. The van der Waals surface area contributed by atoms with Crippen molar-refractivity contribution in [3.63, 3.8) is 0 Å². The van der Waals surface area contributed by atoms with Gasteiger partial charge in [0.15, 0.2) is 0 Å². The molecule has 0 aliphatic carbocycles. The second-order valence-electron chi connectivity index (χ2n) is 5.30. The van der Waals surface area contributed by atoms with E-state index in [1.165, 1.54) is 6.07 Å². The van der Waals surface area contributed by atoms with Crippen LogP contribution in [0.2, 0.25) is 5.02 Å². The number of anilines is 1. The monoisotopic (exact) mass is 361 g/mol. The second-order valence-corrected chi connectivity index (χ2v) is 5.71. The van der Waals surface area contributed by atoms with Crippen LogP contribution in [0.15, 0.2) is 42.5 Å². The molecule has 0 aliphatic rings. The Kier molecular flexibility index (Phi) is 5.45. The number of rotatable bonds is 7. The summed E-state index contributed by atoms with van der Waals surface area (Å²) < 4.78 is 21.0. The van der Waals surface area contributed by atoms with Gasteiger partial charge < -0.3 is 10.1 Å². The van der Waals surface area contributed by atoms with Crippen LogP contribution >= 0.6 is 11.6 Å².